The SMILES string of the molecule is C[C@H](OC(=O)[C@H]1CS[C@]2(c3ccc(F)cc3)CCC(=O)N12)C(=O)NC(N)=O. The van der Waals surface area contributed by atoms with Gasteiger partial charge in [-0.2, -0.15) is 0 Å². The zero-order chi connectivity index (χ0) is 19.8. The fourth-order valence-corrected chi connectivity index (χ4v) is 4.99. The van der Waals surface area contributed by atoms with Crippen LogP contribution < -0.4 is 11.1 Å². The van der Waals surface area contributed by atoms with Crippen LogP contribution in [0.5, 0.6) is 0 Å². The third-order valence-electron chi connectivity index (χ3n) is 4.60. The molecule has 0 aromatic heterocycles. The van der Waals surface area contributed by atoms with E-state index in [0.29, 0.717) is 6.42 Å². The van der Waals surface area contributed by atoms with Crippen LogP contribution in [0.3, 0.4) is 0 Å². The predicted octanol–water partition coefficient (Wildman–Crippen LogP) is 0.843. The largest absolute Gasteiger partial charge is 0.451 e. The lowest BCUT2D eigenvalue weighted by Crippen LogP contribution is -2.49. The van der Waals surface area contributed by atoms with Crippen LogP contribution in [0.25, 0.3) is 0 Å². The van der Waals surface area contributed by atoms with Crippen molar-refractivity contribution in [2.24, 2.45) is 5.73 Å². The first-order valence-electron chi connectivity index (χ1n) is 8.27. The van der Waals surface area contributed by atoms with Crippen LogP contribution in [-0.4, -0.2) is 46.6 Å². The third kappa shape index (κ3) is 3.48. The Morgan fingerprint density at radius 3 is 2.67 bits per heavy atom. The lowest BCUT2D eigenvalue weighted by atomic mass is 10.0. The summed E-state index contributed by atoms with van der Waals surface area (Å²) in [5.74, 6) is -1.90. The number of fused-ring (bicyclic) bond motifs is 1. The van der Waals surface area contributed by atoms with Crippen molar-refractivity contribution in [3.63, 3.8) is 0 Å². The van der Waals surface area contributed by atoms with Crippen molar-refractivity contribution in [1.82, 2.24) is 10.2 Å². The number of esters is 1. The molecule has 3 N–H and O–H groups in total. The summed E-state index contributed by atoms with van der Waals surface area (Å²) in [6.07, 6.45) is -0.497. The summed E-state index contributed by atoms with van der Waals surface area (Å²) in [5, 5.41) is 1.83. The fraction of sp³-hybridized carbons (Fsp3) is 0.412. The molecular formula is C17H18FN3O5S. The minimum absolute atomic E-state index is 0.208. The van der Waals surface area contributed by atoms with E-state index >= 15 is 0 Å². The Bertz CT molecular complexity index is 802. The molecule has 1 aromatic rings. The smallest absolute Gasteiger partial charge is 0.330 e. The number of carbonyl (C=O) groups excluding carboxylic acids is 4. The summed E-state index contributed by atoms with van der Waals surface area (Å²) in [6, 6.07) is 3.90. The van der Waals surface area contributed by atoms with Crippen molar-refractivity contribution in [3.05, 3.63) is 35.6 Å². The number of ether oxygens (including phenoxy) is 1. The number of amides is 4. The molecule has 1 aromatic carbocycles. The maximum Gasteiger partial charge on any atom is 0.330 e. The Morgan fingerprint density at radius 2 is 2.04 bits per heavy atom. The van der Waals surface area contributed by atoms with Gasteiger partial charge < -0.3 is 15.4 Å². The van der Waals surface area contributed by atoms with E-state index in [4.69, 9.17) is 10.5 Å². The second-order valence-electron chi connectivity index (χ2n) is 6.31. The Morgan fingerprint density at radius 1 is 1.37 bits per heavy atom. The predicted molar refractivity (Wildman–Crippen MR) is 93.7 cm³/mol. The average molecular weight is 395 g/mol. The highest BCUT2D eigenvalue weighted by Gasteiger charge is 2.57. The number of halogens is 1. The maximum atomic E-state index is 13.3. The summed E-state index contributed by atoms with van der Waals surface area (Å²) in [5.41, 5.74) is 5.60. The van der Waals surface area contributed by atoms with Gasteiger partial charge in [-0.3, -0.25) is 14.9 Å². The molecule has 2 aliphatic heterocycles. The molecule has 144 valence electrons. The Kier molecular flexibility index (Phi) is 5.09. The van der Waals surface area contributed by atoms with E-state index in [1.165, 1.54) is 35.7 Å². The molecule has 2 saturated heterocycles. The quantitative estimate of drug-likeness (QED) is 0.730. The van der Waals surface area contributed by atoms with Gasteiger partial charge >= 0.3 is 12.0 Å². The van der Waals surface area contributed by atoms with E-state index in [1.54, 1.807) is 12.1 Å². The molecular weight excluding hydrogens is 377 g/mol. The highest BCUT2D eigenvalue weighted by atomic mass is 32.2. The van der Waals surface area contributed by atoms with Crippen molar-refractivity contribution in [2.45, 2.75) is 36.8 Å². The van der Waals surface area contributed by atoms with E-state index in [-0.39, 0.29) is 23.9 Å². The van der Waals surface area contributed by atoms with Gasteiger partial charge in [0.05, 0.1) is 0 Å². The topological polar surface area (TPSA) is 119 Å². The molecule has 4 amide bonds. The highest BCUT2D eigenvalue weighted by molar-refractivity contribution is 8.00. The van der Waals surface area contributed by atoms with Crippen molar-refractivity contribution >= 4 is 35.6 Å². The van der Waals surface area contributed by atoms with Crippen LogP contribution in [0.2, 0.25) is 0 Å². The number of nitrogens with zero attached hydrogens (tertiary/aromatic N) is 1. The first kappa shape index (κ1) is 19.2. The zero-order valence-electron chi connectivity index (χ0n) is 14.4. The Balaban J connectivity index is 1.79. The number of nitrogens with one attached hydrogen (secondary N) is 1. The van der Waals surface area contributed by atoms with Gasteiger partial charge in [0.2, 0.25) is 5.91 Å². The average Bonchev–Trinajstić information content (AvgIpc) is 3.14. The van der Waals surface area contributed by atoms with Gasteiger partial charge in [0.1, 0.15) is 16.7 Å². The number of thioether (sulfide) groups is 1. The van der Waals surface area contributed by atoms with Crippen molar-refractivity contribution in [1.29, 1.82) is 0 Å². The van der Waals surface area contributed by atoms with E-state index < -0.39 is 34.9 Å². The number of hydrogen-bond acceptors (Lipinski definition) is 6. The summed E-state index contributed by atoms with van der Waals surface area (Å²) in [4.78, 5) is 48.2. The Hall–Kier alpha value is -2.62. The van der Waals surface area contributed by atoms with Crippen LogP contribution in [0.15, 0.2) is 24.3 Å². The van der Waals surface area contributed by atoms with Crippen molar-refractivity contribution < 1.29 is 28.3 Å². The van der Waals surface area contributed by atoms with E-state index in [2.05, 4.69) is 0 Å². The molecule has 0 unspecified atom stereocenters. The number of primary amides is 1. The highest BCUT2D eigenvalue weighted by Crippen LogP contribution is 2.54. The van der Waals surface area contributed by atoms with Crippen LogP contribution in [0.4, 0.5) is 9.18 Å². The molecule has 2 aliphatic rings. The molecule has 0 radical (unpaired) electrons. The lowest BCUT2D eigenvalue weighted by molar-refractivity contribution is -0.161. The minimum Gasteiger partial charge on any atom is -0.451 e. The van der Waals surface area contributed by atoms with Crippen LogP contribution >= 0.6 is 11.8 Å². The van der Waals surface area contributed by atoms with E-state index in [1.807, 2.05) is 5.32 Å². The standard InChI is InChI=1S/C17H18FN3O5S/c1-9(14(23)20-16(19)25)26-15(24)12-8-27-17(7-6-13(22)21(12)17)10-2-4-11(18)5-3-10/h2-5,9,12H,6-8H2,1H3,(H3,19,20,23,25)/t9-,12+,17-/m0/s1. The molecule has 27 heavy (non-hydrogen) atoms. The zero-order valence-corrected chi connectivity index (χ0v) is 15.3. The van der Waals surface area contributed by atoms with Gasteiger partial charge in [0.15, 0.2) is 6.10 Å². The van der Waals surface area contributed by atoms with Crippen LogP contribution in [-0.2, 0) is 24.0 Å². The van der Waals surface area contributed by atoms with Gasteiger partial charge in [0.25, 0.3) is 5.91 Å². The number of imide groups is 1. The molecule has 8 nitrogen and oxygen atoms in total. The van der Waals surface area contributed by atoms with Crippen LogP contribution in [0.1, 0.15) is 25.3 Å². The summed E-state index contributed by atoms with van der Waals surface area (Å²) in [7, 11) is 0. The molecule has 0 spiro atoms. The third-order valence-corrected chi connectivity index (χ3v) is 6.20. The molecule has 0 saturated carbocycles. The normalized spacial score (nSPS) is 25.0. The summed E-state index contributed by atoms with van der Waals surface area (Å²) >= 11 is 1.41. The molecule has 2 heterocycles. The molecule has 0 aliphatic carbocycles. The fourth-order valence-electron chi connectivity index (χ4n) is 3.36. The van der Waals surface area contributed by atoms with Crippen molar-refractivity contribution in [3.8, 4) is 0 Å². The number of urea groups is 1. The second kappa shape index (κ2) is 7.18. The monoisotopic (exact) mass is 395 g/mol. The molecule has 3 rings (SSSR count). The van der Waals surface area contributed by atoms with E-state index in [9.17, 15) is 23.6 Å². The van der Waals surface area contributed by atoms with Gasteiger partial charge in [-0.15, -0.1) is 11.8 Å². The number of nitrogens with two attached hydrogens (primary N) is 1. The van der Waals surface area contributed by atoms with Gasteiger partial charge in [0, 0.05) is 12.2 Å². The van der Waals surface area contributed by atoms with E-state index in [0.717, 1.165) is 5.56 Å². The number of benzene rings is 1. The number of hydrogen-bond donors (Lipinski definition) is 2. The van der Waals surface area contributed by atoms with Crippen molar-refractivity contribution in [2.75, 3.05) is 5.75 Å². The first-order valence-corrected chi connectivity index (χ1v) is 9.26. The first-order chi connectivity index (χ1) is 12.7. The molecule has 2 fully saturated rings. The number of carbonyl (C=O) groups is 4. The molecule has 0 bridgehead atoms. The Labute approximate surface area is 158 Å². The lowest BCUT2D eigenvalue weighted by Gasteiger charge is -2.33. The molecule has 3 atom stereocenters. The summed E-state index contributed by atoms with van der Waals surface area (Å²) < 4.78 is 18.4. The van der Waals surface area contributed by atoms with Crippen LogP contribution in [0, 0.1) is 5.82 Å². The van der Waals surface area contributed by atoms with Gasteiger partial charge in [-0.1, -0.05) is 12.1 Å². The van der Waals surface area contributed by atoms with Gasteiger partial charge in [-0.25, -0.2) is 14.0 Å². The number of rotatable bonds is 4. The molecule has 10 heteroatoms. The summed E-state index contributed by atoms with van der Waals surface area (Å²) in [6.45, 7) is 1.30. The maximum absolute atomic E-state index is 13.3. The second-order valence-corrected chi connectivity index (χ2v) is 7.61. The van der Waals surface area contributed by atoms with Gasteiger partial charge in [-0.05, 0) is 31.0 Å². The minimum atomic E-state index is -1.24.